The zero-order valence-corrected chi connectivity index (χ0v) is 26.7. The summed E-state index contributed by atoms with van der Waals surface area (Å²) in [6, 6.07) is 72.4. The van der Waals surface area contributed by atoms with Crippen LogP contribution in [0.1, 0.15) is 22.3 Å². The highest BCUT2D eigenvalue weighted by molar-refractivity contribution is 6.03. The Morgan fingerprint density at radius 2 is 0.500 bits per heavy atom. The van der Waals surface area contributed by atoms with Crippen LogP contribution in [0.25, 0.3) is 23.5 Å². The van der Waals surface area contributed by atoms with Crippen LogP contribution in [-0.2, 0) is 0 Å². The zero-order valence-electron chi connectivity index (χ0n) is 26.7. The number of benzene rings is 7. The molecule has 0 N–H and O–H groups in total. The summed E-state index contributed by atoms with van der Waals surface area (Å²) in [6.07, 6.45) is 4.60. The van der Waals surface area contributed by atoms with Crippen molar-refractivity contribution < 1.29 is 0 Å². The van der Waals surface area contributed by atoms with E-state index in [9.17, 15) is 0 Å². The van der Waals surface area contributed by atoms with E-state index in [0.717, 1.165) is 56.4 Å². The monoisotopic (exact) mass is 616 g/mol. The van der Waals surface area contributed by atoms with Crippen molar-refractivity contribution in [3.05, 3.63) is 229 Å². The average Bonchev–Trinajstić information content (AvgIpc) is 3.17. The Balaban J connectivity index is 1.53. The first kappa shape index (κ1) is 30.3. The molecule has 0 atom stereocenters. The molecule has 0 fully saturated rings. The van der Waals surface area contributed by atoms with Gasteiger partial charge in [-0.1, -0.05) is 158 Å². The molecule has 2 nitrogen and oxygen atoms in total. The average molecular weight is 617 g/mol. The van der Waals surface area contributed by atoms with Gasteiger partial charge in [-0.2, -0.15) is 0 Å². The van der Waals surface area contributed by atoms with E-state index in [0.29, 0.717) is 0 Å². The third-order valence-electron chi connectivity index (χ3n) is 8.22. The Kier molecular flexibility index (Phi) is 9.34. The Labute approximate surface area is 283 Å². The van der Waals surface area contributed by atoms with Crippen LogP contribution >= 0.6 is 0 Å². The number of hydrogen-bond acceptors (Lipinski definition) is 2. The first-order valence-corrected chi connectivity index (χ1v) is 16.3. The summed E-state index contributed by atoms with van der Waals surface area (Å²) in [6.45, 7) is 0. The fourth-order valence-electron chi connectivity index (χ4n) is 6.03. The molecule has 0 radical (unpaired) electrons. The molecular formula is C46H36N2. The molecule has 7 aromatic carbocycles. The normalized spacial score (nSPS) is 11.6. The van der Waals surface area contributed by atoms with E-state index in [2.05, 4.69) is 228 Å². The quantitative estimate of drug-likeness (QED) is 0.141. The van der Waals surface area contributed by atoms with Crippen LogP contribution in [0, 0.1) is 0 Å². The lowest BCUT2D eigenvalue weighted by atomic mass is 9.95. The van der Waals surface area contributed by atoms with Crippen LogP contribution in [0.2, 0.25) is 0 Å². The largest absolute Gasteiger partial charge is 0.310 e. The second kappa shape index (κ2) is 14.8. The molecule has 0 bridgehead atoms. The summed E-state index contributed by atoms with van der Waals surface area (Å²) in [5.74, 6) is 0. The van der Waals surface area contributed by atoms with Gasteiger partial charge in [-0.3, -0.25) is 0 Å². The molecule has 0 saturated carbocycles. The van der Waals surface area contributed by atoms with Crippen LogP contribution in [-0.4, -0.2) is 0 Å². The van der Waals surface area contributed by atoms with Gasteiger partial charge < -0.3 is 9.80 Å². The predicted octanol–water partition coefficient (Wildman–Crippen LogP) is 12.4. The third kappa shape index (κ3) is 6.89. The molecule has 0 spiro atoms. The summed E-state index contributed by atoms with van der Waals surface area (Å²) in [5.41, 5.74) is 10.9. The van der Waals surface area contributed by atoms with E-state index in [1.54, 1.807) is 0 Å². The van der Waals surface area contributed by atoms with E-state index >= 15 is 0 Å². The van der Waals surface area contributed by atoms with Gasteiger partial charge in [0.15, 0.2) is 0 Å². The fourth-order valence-corrected chi connectivity index (χ4v) is 6.03. The second-order valence-corrected chi connectivity index (χ2v) is 11.4. The highest BCUT2D eigenvalue weighted by Crippen LogP contribution is 2.42. The molecule has 0 saturated heterocycles. The number of rotatable bonds is 10. The van der Waals surface area contributed by atoms with Crippen LogP contribution in [0.15, 0.2) is 206 Å². The first-order valence-electron chi connectivity index (χ1n) is 16.3. The Morgan fingerprint density at radius 1 is 0.271 bits per heavy atom. The molecule has 0 aliphatic heterocycles. The summed E-state index contributed by atoms with van der Waals surface area (Å²) >= 11 is 0. The highest BCUT2D eigenvalue weighted by Gasteiger charge is 2.24. The maximum Gasteiger partial charge on any atom is 0.0546 e. The van der Waals surface area contributed by atoms with E-state index in [4.69, 9.17) is 0 Å². The summed E-state index contributed by atoms with van der Waals surface area (Å²) in [5, 5.41) is 0. The van der Waals surface area contributed by atoms with Gasteiger partial charge >= 0.3 is 0 Å². The van der Waals surface area contributed by atoms with Crippen molar-refractivity contribution in [2.75, 3.05) is 9.80 Å². The van der Waals surface area contributed by atoms with E-state index in [-0.39, 0.29) is 0 Å². The molecule has 0 aliphatic carbocycles. The van der Waals surface area contributed by atoms with Gasteiger partial charge in [0.05, 0.1) is 11.4 Å². The van der Waals surface area contributed by atoms with Crippen molar-refractivity contribution >= 4 is 46.3 Å². The minimum atomic E-state index is 1.06. The van der Waals surface area contributed by atoms with Crippen LogP contribution in [0.5, 0.6) is 0 Å². The van der Waals surface area contributed by atoms with Gasteiger partial charge in [-0.15, -0.1) is 0 Å². The van der Waals surface area contributed by atoms with Gasteiger partial charge in [0, 0.05) is 33.9 Å². The maximum absolute atomic E-state index is 2.36. The van der Waals surface area contributed by atoms with Crippen molar-refractivity contribution in [3.63, 3.8) is 0 Å². The minimum absolute atomic E-state index is 1.06. The molecule has 48 heavy (non-hydrogen) atoms. The molecule has 0 unspecified atom stereocenters. The van der Waals surface area contributed by atoms with Crippen molar-refractivity contribution in [1.29, 1.82) is 0 Å². The number of nitrogens with zero attached hydrogens (tertiary/aromatic N) is 2. The Hall–Kier alpha value is -6.38. The van der Waals surface area contributed by atoms with Crippen molar-refractivity contribution in [2.45, 2.75) is 0 Å². The lowest BCUT2D eigenvalue weighted by molar-refractivity contribution is 1.27. The zero-order chi connectivity index (χ0) is 32.4. The fraction of sp³-hybridized carbons (Fsp3) is 0. The van der Waals surface area contributed by atoms with Gasteiger partial charge in [0.25, 0.3) is 0 Å². The van der Waals surface area contributed by atoms with Crippen LogP contribution < -0.4 is 9.80 Å². The Bertz CT molecular complexity index is 1860. The van der Waals surface area contributed by atoms with Crippen LogP contribution in [0.3, 0.4) is 0 Å². The smallest absolute Gasteiger partial charge is 0.0546 e. The lowest BCUT2D eigenvalue weighted by Gasteiger charge is -2.33. The highest BCUT2D eigenvalue weighted by atomic mass is 15.2. The second-order valence-electron chi connectivity index (χ2n) is 11.4. The summed E-state index contributed by atoms with van der Waals surface area (Å²) in [7, 11) is 0. The lowest BCUT2D eigenvalue weighted by Crippen LogP contribution is -2.20. The van der Waals surface area contributed by atoms with Gasteiger partial charge in [0.1, 0.15) is 0 Å². The number of para-hydroxylation sites is 4. The number of hydrogen-bond donors (Lipinski definition) is 0. The van der Waals surface area contributed by atoms with E-state index in [1.165, 1.54) is 0 Å². The van der Waals surface area contributed by atoms with E-state index < -0.39 is 0 Å². The molecule has 0 heterocycles. The summed E-state index contributed by atoms with van der Waals surface area (Å²) < 4.78 is 0. The van der Waals surface area contributed by atoms with Crippen molar-refractivity contribution in [2.24, 2.45) is 0 Å². The van der Waals surface area contributed by atoms with E-state index in [1.807, 2.05) is 0 Å². The molecule has 0 amide bonds. The van der Waals surface area contributed by atoms with Crippen molar-refractivity contribution in [3.8, 4) is 0 Å². The topological polar surface area (TPSA) is 6.48 Å². The molecule has 0 aromatic heterocycles. The molecule has 2 heteroatoms. The minimum Gasteiger partial charge on any atom is -0.310 e. The third-order valence-corrected chi connectivity index (χ3v) is 8.22. The molecule has 230 valence electrons. The Morgan fingerprint density at radius 3 is 0.771 bits per heavy atom. The summed E-state index contributed by atoms with van der Waals surface area (Å²) in [4.78, 5) is 4.72. The molecule has 0 aliphatic rings. The van der Waals surface area contributed by atoms with Crippen molar-refractivity contribution in [1.82, 2.24) is 0 Å². The van der Waals surface area contributed by atoms with Gasteiger partial charge in [0.2, 0.25) is 0 Å². The van der Waals surface area contributed by atoms with Gasteiger partial charge in [-0.05, 0) is 71.8 Å². The first-order chi connectivity index (χ1) is 23.8. The maximum atomic E-state index is 2.36. The molecule has 7 aromatic rings. The molecular weight excluding hydrogens is 581 g/mol. The SMILES string of the molecule is C(=C(c1ccccc1C(=Cc1ccccc1)N(c1ccccc1)c1ccccc1)N(c1ccccc1)c1ccccc1)c1ccccc1. The standard InChI is InChI=1S/C46H36N2/c1-7-21-37(22-8-1)35-45(47(39-25-11-3-12-26-39)40-27-13-4-14-28-40)43-33-19-20-34-44(43)46(36-38-23-9-2-10-24-38)48(41-29-15-5-16-30-41)42-31-17-6-18-32-42/h1-36H. The molecule has 7 rings (SSSR count). The number of anilines is 4. The van der Waals surface area contributed by atoms with Crippen LogP contribution in [0.4, 0.5) is 22.7 Å². The van der Waals surface area contributed by atoms with Gasteiger partial charge in [-0.25, -0.2) is 0 Å². The predicted molar refractivity (Wildman–Crippen MR) is 205 cm³/mol.